The van der Waals surface area contributed by atoms with Gasteiger partial charge < -0.3 is 5.11 Å². The average Bonchev–Trinajstić information content (AvgIpc) is 2.99. The molecule has 1 aromatic carbocycles. The number of hydrogen-bond acceptors (Lipinski definition) is 2. The molecule has 14 heavy (non-hydrogen) atoms. The molecule has 1 aliphatic carbocycles. The van der Waals surface area contributed by atoms with Crippen LogP contribution in [-0.2, 0) is 0 Å². The molecule has 0 spiro atoms. The topological polar surface area (TPSA) is 20.2 Å². The van der Waals surface area contributed by atoms with Crippen LogP contribution in [-0.4, -0.2) is 16.0 Å². The standard InChI is InChI=1S/C12H16OS/c1-2-11(13)12(8-9-12)14-10-6-4-3-5-7-10/h3-7,11,13H,2,8-9H2,1H3. The maximum absolute atomic E-state index is 9.89. The first kappa shape index (κ1) is 10.1. The predicted molar refractivity (Wildman–Crippen MR) is 60.6 cm³/mol. The molecule has 0 bridgehead atoms. The lowest BCUT2D eigenvalue weighted by Crippen LogP contribution is -2.23. The van der Waals surface area contributed by atoms with Crippen molar-refractivity contribution in [3.63, 3.8) is 0 Å². The SMILES string of the molecule is CCC(O)C1(Sc2ccccc2)CC1. The van der Waals surface area contributed by atoms with Crippen LogP contribution in [0.1, 0.15) is 26.2 Å². The molecule has 1 aliphatic rings. The van der Waals surface area contributed by atoms with E-state index in [9.17, 15) is 5.11 Å². The third kappa shape index (κ3) is 1.96. The normalized spacial score (nSPS) is 20.4. The Kier molecular flexibility index (Phi) is 2.84. The van der Waals surface area contributed by atoms with Crippen LogP contribution in [0.2, 0.25) is 0 Å². The van der Waals surface area contributed by atoms with Crippen molar-refractivity contribution < 1.29 is 5.11 Å². The van der Waals surface area contributed by atoms with Gasteiger partial charge in [0.2, 0.25) is 0 Å². The first-order chi connectivity index (χ1) is 6.77. The zero-order valence-electron chi connectivity index (χ0n) is 8.44. The summed E-state index contributed by atoms with van der Waals surface area (Å²) in [5.74, 6) is 0. The minimum atomic E-state index is -0.146. The average molecular weight is 208 g/mol. The lowest BCUT2D eigenvalue weighted by atomic mass is 10.2. The van der Waals surface area contributed by atoms with Gasteiger partial charge in [-0.2, -0.15) is 0 Å². The number of thioether (sulfide) groups is 1. The summed E-state index contributed by atoms with van der Waals surface area (Å²) < 4.78 is 0.135. The number of rotatable bonds is 4. The highest BCUT2D eigenvalue weighted by atomic mass is 32.2. The molecule has 0 aliphatic heterocycles. The Balaban J connectivity index is 2.04. The summed E-state index contributed by atoms with van der Waals surface area (Å²) in [5, 5.41) is 9.89. The summed E-state index contributed by atoms with van der Waals surface area (Å²) in [7, 11) is 0. The second kappa shape index (κ2) is 3.95. The Morgan fingerprint density at radius 1 is 1.36 bits per heavy atom. The molecule has 0 saturated heterocycles. The van der Waals surface area contributed by atoms with Crippen molar-refractivity contribution in [2.45, 2.75) is 41.9 Å². The molecule has 1 nitrogen and oxygen atoms in total. The van der Waals surface area contributed by atoms with Gasteiger partial charge in [0.05, 0.1) is 6.10 Å². The molecule has 0 radical (unpaired) electrons. The highest BCUT2D eigenvalue weighted by Crippen LogP contribution is 2.54. The third-order valence-electron chi connectivity index (χ3n) is 2.80. The van der Waals surface area contributed by atoms with Gasteiger partial charge in [-0.3, -0.25) is 0 Å². The molecule has 0 heterocycles. The van der Waals surface area contributed by atoms with Crippen molar-refractivity contribution in [3.8, 4) is 0 Å². The molecular weight excluding hydrogens is 192 g/mol. The lowest BCUT2D eigenvalue weighted by Gasteiger charge is -2.20. The Hall–Kier alpha value is -0.470. The molecule has 0 aromatic heterocycles. The largest absolute Gasteiger partial charge is 0.392 e. The maximum atomic E-state index is 9.89. The van der Waals surface area contributed by atoms with E-state index in [1.165, 1.54) is 4.90 Å². The summed E-state index contributed by atoms with van der Waals surface area (Å²) in [6.45, 7) is 2.05. The van der Waals surface area contributed by atoms with E-state index in [1.54, 1.807) is 0 Å². The van der Waals surface area contributed by atoms with Crippen molar-refractivity contribution >= 4 is 11.8 Å². The molecule has 76 valence electrons. The first-order valence-electron chi connectivity index (χ1n) is 5.19. The van der Waals surface area contributed by atoms with Crippen LogP contribution < -0.4 is 0 Å². The van der Waals surface area contributed by atoms with Gasteiger partial charge in [0, 0.05) is 9.64 Å². The minimum absolute atomic E-state index is 0.135. The summed E-state index contributed by atoms with van der Waals surface area (Å²) in [6.07, 6.45) is 3.02. The summed E-state index contributed by atoms with van der Waals surface area (Å²) in [4.78, 5) is 1.28. The van der Waals surface area contributed by atoms with Gasteiger partial charge in [0.15, 0.2) is 0 Å². The fourth-order valence-corrected chi connectivity index (χ4v) is 3.09. The third-order valence-corrected chi connectivity index (χ3v) is 4.40. The van der Waals surface area contributed by atoms with Crippen LogP contribution in [0.3, 0.4) is 0 Å². The number of aliphatic hydroxyl groups excluding tert-OH is 1. The van der Waals surface area contributed by atoms with E-state index >= 15 is 0 Å². The molecule has 1 atom stereocenters. The van der Waals surface area contributed by atoms with Crippen LogP contribution in [0.15, 0.2) is 35.2 Å². The smallest absolute Gasteiger partial charge is 0.0687 e. The molecule has 2 heteroatoms. The molecular formula is C12H16OS. The molecule has 1 fully saturated rings. The van der Waals surface area contributed by atoms with Crippen molar-refractivity contribution in [2.75, 3.05) is 0 Å². The highest BCUT2D eigenvalue weighted by Gasteiger charge is 2.48. The van der Waals surface area contributed by atoms with Crippen molar-refractivity contribution in [1.29, 1.82) is 0 Å². The van der Waals surface area contributed by atoms with E-state index in [2.05, 4.69) is 31.2 Å². The Morgan fingerprint density at radius 3 is 2.50 bits per heavy atom. The van der Waals surface area contributed by atoms with Gasteiger partial charge in [-0.15, -0.1) is 11.8 Å². The van der Waals surface area contributed by atoms with E-state index in [4.69, 9.17) is 0 Å². The van der Waals surface area contributed by atoms with Crippen molar-refractivity contribution in [1.82, 2.24) is 0 Å². The van der Waals surface area contributed by atoms with Gasteiger partial charge in [-0.25, -0.2) is 0 Å². The Bertz CT molecular complexity index is 292. The molecule has 2 rings (SSSR count). The van der Waals surface area contributed by atoms with Crippen molar-refractivity contribution in [3.05, 3.63) is 30.3 Å². The van der Waals surface area contributed by atoms with E-state index in [0.29, 0.717) is 0 Å². The van der Waals surface area contributed by atoms with Crippen LogP contribution in [0.5, 0.6) is 0 Å². The van der Waals surface area contributed by atoms with Crippen molar-refractivity contribution in [2.24, 2.45) is 0 Å². The maximum Gasteiger partial charge on any atom is 0.0687 e. The van der Waals surface area contributed by atoms with Gasteiger partial charge in [-0.05, 0) is 31.4 Å². The van der Waals surface area contributed by atoms with Crippen LogP contribution >= 0.6 is 11.8 Å². The number of benzene rings is 1. The lowest BCUT2D eigenvalue weighted by molar-refractivity contribution is 0.160. The zero-order valence-corrected chi connectivity index (χ0v) is 9.26. The van der Waals surface area contributed by atoms with Gasteiger partial charge >= 0.3 is 0 Å². The fraction of sp³-hybridized carbons (Fsp3) is 0.500. The van der Waals surface area contributed by atoms with Gasteiger partial charge in [-0.1, -0.05) is 25.1 Å². The second-order valence-electron chi connectivity index (χ2n) is 3.90. The first-order valence-corrected chi connectivity index (χ1v) is 6.00. The van der Waals surface area contributed by atoms with E-state index < -0.39 is 0 Å². The van der Waals surface area contributed by atoms with E-state index in [-0.39, 0.29) is 10.9 Å². The quantitative estimate of drug-likeness (QED) is 0.820. The number of hydrogen-bond donors (Lipinski definition) is 1. The van der Waals surface area contributed by atoms with E-state index in [1.807, 2.05) is 17.8 Å². The van der Waals surface area contributed by atoms with Crippen LogP contribution in [0, 0.1) is 0 Å². The van der Waals surface area contributed by atoms with Crippen LogP contribution in [0.25, 0.3) is 0 Å². The zero-order chi connectivity index (χ0) is 10.0. The van der Waals surface area contributed by atoms with Gasteiger partial charge in [0.1, 0.15) is 0 Å². The second-order valence-corrected chi connectivity index (χ2v) is 5.39. The van der Waals surface area contributed by atoms with Crippen LogP contribution in [0.4, 0.5) is 0 Å². The Morgan fingerprint density at radius 2 is 2.00 bits per heavy atom. The minimum Gasteiger partial charge on any atom is -0.392 e. The molecule has 0 amide bonds. The molecule has 1 aromatic rings. The highest BCUT2D eigenvalue weighted by molar-refractivity contribution is 8.01. The summed E-state index contributed by atoms with van der Waals surface area (Å²) in [5.41, 5.74) is 0. The van der Waals surface area contributed by atoms with E-state index in [0.717, 1.165) is 19.3 Å². The summed E-state index contributed by atoms with van der Waals surface area (Å²) >= 11 is 1.84. The number of aliphatic hydroxyl groups is 1. The molecule has 1 saturated carbocycles. The fourth-order valence-electron chi connectivity index (χ4n) is 1.72. The Labute approximate surface area is 89.5 Å². The molecule has 1 unspecified atom stereocenters. The molecule has 1 N–H and O–H groups in total. The summed E-state index contributed by atoms with van der Waals surface area (Å²) in [6, 6.07) is 10.4. The monoisotopic (exact) mass is 208 g/mol. The van der Waals surface area contributed by atoms with Gasteiger partial charge in [0.25, 0.3) is 0 Å². The predicted octanol–water partition coefficient (Wildman–Crippen LogP) is 3.08.